The predicted molar refractivity (Wildman–Crippen MR) is 22.3 cm³/mol. The minimum atomic E-state index is 0. The average Bonchev–Trinajstić information content (AvgIpc) is 0. The van der Waals surface area contributed by atoms with Gasteiger partial charge in [0.25, 0.3) is 0 Å². The summed E-state index contributed by atoms with van der Waals surface area (Å²) >= 11 is 0. The van der Waals surface area contributed by atoms with Crippen LogP contribution in [0.4, 0.5) is 0 Å². The SMILES string of the molecule is O.O.O.[Pb].[Pb]. The molecule has 0 saturated heterocycles. The fraction of sp³-hybridized carbons (Fsp3) is 0. The van der Waals surface area contributed by atoms with Crippen molar-refractivity contribution >= 4 is 54.6 Å². The smallest absolute Gasteiger partial charge is 0 e. The number of rotatable bonds is 0. The van der Waals surface area contributed by atoms with Gasteiger partial charge in [-0.3, -0.25) is 0 Å². The maximum absolute atomic E-state index is 0. The van der Waals surface area contributed by atoms with Crippen LogP contribution < -0.4 is 0 Å². The van der Waals surface area contributed by atoms with Crippen LogP contribution in [0.5, 0.6) is 0 Å². The van der Waals surface area contributed by atoms with Gasteiger partial charge in [0.1, 0.15) is 0 Å². The molecule has 0 saturated carbocycles. The summed E-state index contributed by atoms with van der Waals surface area (Å²) in [6.07, 6.45) is 0. The summed E-state index contributed by atoms with van der Waals surface area (Å²) in [7, 11) is 0. The predicted octanol–water partition coefficient (Wildman–Crippen LogP) is -3.24. The van der Waals surface area contributed by atoms with Gasteiger partial charge < -0.3 is 16.4 Å². The zero-order chi connectivity index (χ0) is 0. The molecule has 0 aliphatic heterocycles. The molecule has 5 heteroatoms. The monoisotopic (exact) mass is 470 g/mol. The molecule has 0 unspecified atom stereocenters. The summed E-state index contributed by atoms with van der Waals surface area (Å²) in [6.45, 7) is 0. The molecule has 0 amide bonds. The Labute approximate surface area is 70.4 Å². The van der Waals surface area contributed by atoms with Crippen LogP contribution in [0.3, 0.4) is 0 Å². The zero-order valence-corrected chi connectivity index (χ0v) is 10.3. The Kier molecular flexibility index (Phi) is 637. The largest absolute Gasteiger partial charge is 0.412 e. The topological polar surface area (TPSA) is 94.5 Å². The molecule has 0 rings (SSSR count). The Hall–Kier alpha value is 1.72. The fourth-order valence-corrected chi connectivity index (χ4v) is 0. The normalized spacial score (nSPS) is 0. The summed E-state index contributed by atoms with van der Waals surface area (Å²) in [6, 6.07) is 0. The molecule has 0 heterocycles. The van der Waals surface area contributed by atoms with E-state index >= 15 is 0 Å². The summed E-state index contributed by atoms with van der Waals surface area (Å²) in [5.41, 5.74) is 0. The van der Waals surface area contributed by atoms with Crippen LogP contribution in [0.25, 0.3) is 0 Å². The van der Waals surface area contributed by atoms with Gasteiger partial charge in [-0.15, -0.1) is 0 Å². The molecule has 32 valence electrons. The summed E-state index contributed by atoms with van der Waals surface area (Å²) in [5, 5.41) is 0. The molecule has 8 radical (unpaired) electrons. The van der Waals surface area contributed by atoms with Crippen molar-refractivity contribution < 1.29 is 16.4 Å². The van der Waals surface area contributed by atoms with Crippen molar-refractivity contribution in [2.24, 2.45) is 0 Å². The minimum Gasteiger partial charge on any atom is -0.412 e. The van der Waals surface area contributed by atoms with E-state index in [0.717, 1.165) is 0 Å². The van der Waals surface area contributed by atoms with Crippen molar-refractivity contribution in [1.82, 2.24) is 0 Å². The van der Waals surface area contributed by atoms with Crippen LogP contribution in [0, 0.1) is 0 Å². The molecule has 6 N–H and O–H groups in total. The van der Waals surface area contributed by atoms with Gasteiger partial charge in [-0.2, -0.15) is 0 Å². The standard InChI is InChI=1S/3H2O.2Pb/h3*1H2;;. The molecular formula is H6O3Pb2. The molecule has 0 aliphatic carbocycles. The maximum atomic E-state index is 0. The fourth-order valence-electron chi connectivity index (χ4n) is 0. The van der Waals surface area contributed by atoms with E-state index < -0.39 is 0 Å². The van der Waals surface area contributed by atoms with Gasteiger partial charge in [-0.25, -0.2) is 0 Å². The first-order chi connectivity index (χ1) is 0. The summed E-state index contributed by atoms with van der Waals surface area (Å²) < 4.78 is 0. The van der Waals surface area contributed by atoms with Crippen molar-refractivity contribution in [2.45, 2.75) is 0 Å². The Morgan fingerprint density at radius 3 is 0.400 bits per heavy atom. The summed E-state index contributed by atoms with van der Waals surface area (Å²) in [5.74, 6) is 0. The van der Waals surface area contributed by atoms with Gasteiger partial charge in [0.15, 0.2) is 0 Å². The molecule has 0 spiro atoms. The number of hydrogen-bond acceptors (Lipinski definition) is 0. The first-order valence-corrected chi connectivity index (χ1v) is 0. The Bertz CT molecular complexity index is 4.85. The van der Waals surface area contributed by atoms with E-state index in [-0.39, 0.29) is 71.0 Å². The van der Waals surface area contributed by atoms with Crippen molar-refractivity contribution in [3.63, 3.8) is 0 Å². The van der Waals surface area contributed by atoms with E-state index in [1.807, 2.05) is 0 Å². The third-order valence-electron chi connectivity index (χ3n) is 0. The molecule has 0 aromatic rings. The van der Waals surface area contributed by atoms with Crippen LogP contribution >= 0.6 is 0 Å². The van der Waals surface area contributed by atoms with E-state index in [1.54, 1.807) is 0 Å². The van der Waals surface area contributed by atoms with Gasteiger partial charge in [0, 0.05) is 54.6 Å². The van der Waals surface area contributed by atoms with Gasteiger partial charge in [0.2, 0.25) is 0 Å². The zero-order valence-electron chi connectivity index (χ0n) is 2.50. The first-order valence-electron chi connectivity index (χ1n) is 0. The molecule has 0 aliphatic rings. The van der Waals surface area contributed by atoms with Crippen molar-refractivity contribution in [3.05, 3.63) is 0 Å². The van der Waals surface area contributed by atoms with Crippen LogP contribution in [0.15, 0.2) is 0 Å². The van der Waals surface area contributed by atoms with Gasteiger partial charge in [0.05, 0.1) is 0 Å². The van der Waals surface area contributed by atoms with Crippen LogP contribution in [-0.4, -0.2) is 71.0 Å². The van der Waals surface area contributed by atoms with Crippen LogP contribution in [-0.2, 0) is 0 Å². The van der Waals surface area contributed by atoms with Gasteiger partial charge in [-0.05, 0) is 0 Å². The van der Waals surface area contributed by atoms with E-state index in [0.29, 0.717) is 0 Å². The molecule has 0 bridgehead atoms. The third kappa shape index (κ3) is 26.7. The van der Waals surface area contributed by atoms with E-state index in [2.05, 4.69) is 0 Å². The van der Waals surface area contributed by atoms with Crippen molar-refractivity contribution in [2.75, 3.05) is 0 Å². The Morgan fingerprint density at radius 2 is 0.400 bits per heavy atom. The molecule has 0 aromatic carbocycles. The second-order valence-corrected chi connectivity index (χ2v) is 0. The second-order valence-electron chi connectivity index (χ2n) is 0. The summed E-state index contributed by atoms with van der Waals surface area (Å²) in [4.78, 5) is 0. The van der Waals surface area contributed by atoms with E-state index in [9.17, 15) is 0 Å². The van der Waals surface area contributed by atoms with Crippen molar-refractivity contribution in [3.8, 4) is 0 Å². The van der Waals surface area contributed by atoms with Gasteiger partial charge in [-0.1, -0.05) is 0 Å². The van der Waals surface area contributed by atoms with E-state index in [4.69, 9.17) is 0 Å². The van der Waals surface area contributed by atoms with Crippen LogP contribution in [0.2, 0.25) is 0 Å². The molecule has 0 atom stereocenters. The second kappa shape index (κ2) is 43.0. The molecular weight excluding hydrogens is 462 g/mol. The van der Waals surface area contributed by atoms with Gasteiger partial charge >= 0.3 is 0 Å². The van der Waals surface area contributed by atoms with E-state index in [1.165, 1.54) is 0 Å². The Morgan fingerprint density at radius 1 is 0.400 bits per heavy atom. The molecule has 0 aromatic heterocycles. The molecule has 0 fully saturated rings. The maximum Gasteiger partial charge on any atom is 0 e. The minimum absolute atomic E-state index is 0. The first kappa shape index (κ1) is 74.1. The average molecular weight is 468 g/mol. The van der Waals surface area contributed by atoms with Crippen molar-refractivity contribution in [1.29, 1.82) is 0 Å². The quantitative estimate of drug-likeness (QED) is 0.335. The molecule has 3 nitrogen and oxygen atoms in total. The third-order valence-corrected chi connectivity index (χ3v) is 0. The molecule has 5 heavy (non-hydrogen) atoms. The Balaban J connectivity index is 0. The van der Waals surface area contributed by atoms with Crippen LogP contribution in [0.1, 0.15) is 0 Å². The number of hydrogen-bond donors (Lipinski definition) is 0.